The molecule has 2 nitrogen and oxygen atoms in total. The molecule has 0 aromatic heterocycles. The van der Waals surface area contributed by atoms with Crippen molar-refractivity contribution in [1.29, 1.82) is 0 Å². The summed E-state index contributed by atoms with van der Waals surface area (Å²) in [6.45, 7) is 3.56. The van der Waals surface area contributed by atoms with Crippen molar-refractivity contribution in [3.8, 4) is 0 Å². The molecule has 0 aromatic carbocycles. The van der Waals surface area contributed by atoms with Gasteiger partial charge >= 0.3 is 0 Å². The standard InChI is InChI=1S/C8H15N2P/c1-10-8-6-11(2,3)5-4-7(8)9/h4-6,10H,9H2,1-3H3. The van der Waals surface area contributed by atoms with E-state index in [0.29, 0.717) is 0 Å². The monoisotopic (exact) mass is 170 g/mol. The van der Waals surface area contributed by atoms with Crippen LogP contribution in [0.15, 0.2) is 23.3 Å². The molecule has 3 N–H and O–H groups in total. The highest BCUT2D eigenvalue weighted by Gasteiger charge is 2.06. The SMILES string of the molecule is CNC1=C(N)C=CP(C)(C)=C1. The lowest BCUT2D eigenvalue weighted by Crippen LogP contribution is -2.16. The van der Waals surface area contributed by atoms with Crippen molar-refractivity contribution in [2.75, 3.05) is 20.4 Å². The minimum absolute atomic E-state index is 0.840. The lowest BCUT2D eigenvalue weighted by atomic mass is 10.3. The smallest absolute Gasteiger partial charge is 0.0575 e. The zero-order valence-corrected chi connectivity index (χ0v) is 8.15. The van der Waals surface area contributed by atoms with Gasteiger partial charge in [-0.3, -0.25) is 0 Å². The van der Waals surface area contributed by atoms with Crippen LogP contribution < -0.4 is 11.1 Å². The maximum Gasteiger partial charge on any atom is 0.0575 e. The van der Waals surface area contributed by atoms with Crippen molar-refractivity contribution in [3.63, 3.8) is 0 Å². The van der Waals surface area contributed by atoms with Crippen molar-refractivity contribution in [2.24, 2.45) is 5.73 Å². The first-order valence-corrected chi connectivity index (χ1v) is 6.43. The van der Waals surface area contributed by atoms with Crippen LogP contribution in [0.4, 0.5) is 0 Å². The second-order valence-electron chi connectivity index (χ2n) is 3.19. The van der Waals surface area contributed by atoms with Crippen molar-refractivity contribution in [2.45, 2.75) is 0 Å². The third-order valence-corrected chi connectivity index (χ3v) is 3.52. The third-order valence-electron chi connectivity index (χ3n) is 1.68. The van der Waals surface area contributed by atoms with Crippen LogP contribution in [0.2, 0.25) is 0 Å². The highest BCUT2D eigenvalue weighted by atomic mass is 31.2. The lowest BCUT2D eigenvalue weighted by Gasteiger charge is -2.17. The summed E-state index contributed by atoms with van der Waals surface area (Å²) in [5.41, 5.74) is 7.64. The first-order chi connectivity index (χ1) is 5.05. The molecule has 0 amide bonds. The van der Waals surface area contributed by atoms with E-state index >= 15 is 0 Å². The van der Waals surface area contributed by atoms with E-state index in [0.717, 1.165) is 11.4 Å². The minimum Gasteiger partial charge on any atom is -0.397 e. The van der Waals surface area contributed by atoms with E-state index in [1.54, 1.807) is 0 Å². The second-order valence-corrected chi connectivity index (χ2v) is 7.01. The van der Waals surface area contributed by atoms with Crippen LogP contribution in [0.25, 0.3) is 0 Å². The van der Waals surface area contributed by atoms with E-state index in [-0.39, 0.29) is 0 Å². The predicted octanol–water partition coefficient (Wildman–Crippen LogP) is 0.983. The number of nitrogens with one attached hydrogen (secondary N) is 1. The normalized spacial score (nSPS) is 21.4. The largest absolute Gasteiger partial charge is 0.397 e. The minimum atomic E-state index is -0.953. The molecule has 0 fully saturated rings. The number of allylic oxidation sites excluding steroid dienone is 2. The Labute approximate surface area is 68.1 Å². The Bertz CT molecular complexity index is 268. The molecule has 0 atom stereocenters. The Balaban J connectivity index is 3.11. The molecule has 1 aliphatic heterocycles. The molecular formula is C8H15N2P. The van der Waals surface area contributed by atoms with Crippen molar-refractivity contribution >= 4 is 12.7 Å². The van der Waals surface area contributed by atoms with Crippen LogP contribution in [-0.2, 0) is 0 Å². The van der Waals surface area contributed by atoms with E-state index < -0.39 is 6.89 Å². The molecule has 0 radical (unpaired) electrons. The van der Waals surface area contributed by atoms with Crippen LogP contribution in [0.5, 0.6) is 0 Å². The molecule has 0 bridgehead atoms. The van der Waals surface area contributed by atoms with Gasteiger partial charge in [0.25, 0.3) is 0 Å². The van der Waals surface area contributed by atoms with Crippen molar-refractivity contribution in [1.82, 2.24) is 5.32 Å². The third kappa shape index (κ3) is 1.90. The zero-order chi connectivity index (χ0) is 8.48. The summed E-state index contributed by atoms with van der Waals surface area (Å²) in [4.78, 5) is 0. The van der Waals surface area contributed by atoms with Gasteiger partial charge in [-0.25, -0.2) is 0 Å². The van der Waals surface area contributed by atoms with Gasteiger partial charge in [0, 0.05) is 7.05 Å². The molecule has 3 heteroatoms. The first kappa shape index (κ1) is 8.48. The van der Waals surface area contributed by atoms with Crippen LogP contribution >= 0.6 is 6.89 Å². The molecule has 0 saturated carbocycles. The molecular weight excluding hydrogens is 155 g/mol. The van der Waals surface area contributed by atoms with Gasteiger partial charge in [-0.2, -0.15) is 0 Å². The fourth-order valence-electron chi connectivity index (χ4n) is 1.02. The molecule has 11 heavy (non-hydrogen) atoms. The number of nitrogens with two attached hydrogens (primary N) is 1. The van der Waals surface area contributed by atoms with Gasteiger partial charge in [-0.15, -0.1) is 0 Å². The number of rotatable bonds is 1. The molecule has 1 aliphatic rings. The van der Waals surface area contributed by atoms with E-state index in [4.69, 9.17) is 5.73 Å². The maximum atomic E-state index is 5.73. The lowest BCUT2D eigenvalue weighted by molar-refractivity contribution is 1.04. The second kappa shape index (κ2) is 2.78. The molecule has 0 aromatic rings. The van der Waals surface area contributed by atoms with Gasteiger partial charge in [-0.1, -0.05) is 12.7 Å². The summed E-state index contributed by atoms with van der Waals surface area (Å²) < 4.78 is 0. The quantitative estimate of drug-likeness (QED) is 0.576. The highest BCUT2D eigenvalue weighted by Crippen LogP contribution is 2.42. The Hall–Kier alpha value is -0.620. The Morgan fingerprint density at radius 1 is 1.45 bits per heavy atom. The van der Waals surface area contributed by atoms with Gasteiger partial charge < -0.3 is 11.1 Å². The molecule has 0 spiro atoms. The van der Waals surface area contributed by atoms with E-state index in [9.17, 15) is 0 Å². The maximum absolute atomic E-state index is 5.73. The van der Waals surface area contributed by atoms with Crippen LogP contribution in [-0.4, -0.2) is 26.2 Å². The van der Waals surface area contributed by atoms with E-state index in [1.807, 2.05) is 13.1 Å². The molecule has 1 heterocycles. The molecule has 62 valence electrons. The van der Waals surface area contributed by atoms with E-state index in [1.165, 1.54) is 0 Å². The number of hydrogen-bond donors (Lipinski definition) is 2. The summed E-state index contributed by atoms with van der Waals surface area (Å²) in [6, 6.07) is 0. The first-order valence-electron chi connectivity index (χ1n) is 3.61. The highest BCUT2D eigenvalue weighted by molar-refractivity contribution is 7.76. The predicted molar refractivity (Wildman–Crippen MR) is 54.2 cm³/mol. The van der Waals surface area contributed by atoms with Crippen LogP contribution in [0.1, 0.15) is 0 Å². The average molecular weight is 170 g/mol. The summed E-state index contributed by atoms with van der Waals surface area (Å²) in [7, 11) is 1.90. The topological polar surface area (TPSA) is 38.0 Å². The Morgan fingerprint density at radius 3 is 2.55 bits per heavy atom. The Morgan fingerprint density at radius 2 is 2.09 bits per heavy atom. The van der Waals surface area contributed by atoms with Gasteiger partial charge in [0.15, 0.2) is 0 Å². The van der Waals surface area contributed by atoms with Crippen LogP contribution in [0.3, 0.4) is 0 Å². The molecule has 1 rings (SSSR count). The average Bonchev–Trinajstić information content (AvgIpc) is 1.94. The summed E-state index contributed by atoms with van der Waals surface area (Å²) >= 11 is 0. The summed E-state index contributed by atoms with van der Waals surface area (Å²) in [5.74, 6) is 4.45. The van der Waals surface area contributed by atoms with Gasteiger partial charge in [0.05, 0.1) is 11.4 Å². The fourth-order valence-corrected chi connectivity index (χ4v) is 2.60. The molecule has 0 saturated heterocycles. The Kier molecular flexibility index (Phi) is 2.15. The van der Waals surface area contributed by atoms with Gasteiger partial charge in [0.1, 0.15) is 0 Å². The van der Waals surface area contributed by atoms with Gasteiger partial charge in [0.2, 0.25) is 0 Å². The summed E-state index contributed by atoms with van der Waals surface area (Å²) in [5, 5.41) is 3.08. The van der Waals surface area contributed by atoms with Gasteiger partial charge in [-0.05, 0) is 25.2 Å². The molecule has 0 unspecified atom stereocenters. The summed E-state index contributed by atoms with van der Waals surface area (Å²) in [6.07, 6.45) is 2.00. The van der Waals surface area contributed by atoms with Crippen LogP contribution in [0, 0.1) is 0 Å². The number of hydrogen-bond acceptors (Lipinski definition) is 2. The fraction of sp³-hybridized carbons (Fsp3) is 0.375. The molecule has 0 aliphatic carbocycles. The zero-order valence-electron chi connectivity index (χ0n) is 7.26. The van der Waals surface area contributed by atoms with Crippen molar-refractivity contribution in [3.05, 3.63) is 23.3 Å². The van der Waals surface area contributed by atoms with E-state index in [2.05, 4.69) is 30.3 Å². The van der Waals surface area contributed by atoms with Crippen molar-refractivity contribution < 1.29 is 0 Å².